The summed E-state index contributed by atoms with van der Waals surface area (Å²) in [7, 11) is 1.32. The van der Waals surface area contributed by atoms with E-state index >= 15 is 0 Å². The monoisotopic (exact) mass is 298 g/mol. The first-order chi connectivity index (χ1) is 8.69. The van der Waals surface area contributed by atoms with E-state index in [1.807, 2.05) is 0 Å². The van der Waals surface area contributed by atoms with Gasteiger partial charge in [0.05, 0.1) is 24.8 Å². The first-order valence-electron chi connectivity index (χ1n) is 6.04. The minimum Gasteiger partial charge on any atom is -0.465 e. The summed E-state index contributed by atoms with van der Waals surface area (Å²) >= 11 is 0. The molecule has 0 spiro atoms. The zero-order valence-electron chi connectivity index (χ0n) is 10.8. The molecule has 0 aromatic heterocycles. The van der Waals surface area contributed by atoms with Crippen LogP contribution in [0.2, 0.25) is 0 Å². The maximum atomic E-state index is 11.6. The zero-order valence-corrected chi connectivity index (χ0v) is 10.8. The lowest BCUT2D eigenvalue weighted by Crippen LogP contribution is -2.07. The molecule has 21 heavy (non-hydrogen) atoms. The van der Waals surface area contributed by atoms with Crippen LogP contribution in [0.5, 0.6) is 0 Å². The summed E-state index contributed by atoms with van der Waals surface area (Å²) in [5.41, 5.74) is 0.860. The molecule has 0 atom stereocenters. The molecule has 0 amide bonds. The topological polar surface area (TPSA) is 52.6 Å². The largest absolute Gasteiger partial charge is 0.465 e. The van der Waals surface area contributed by atoms with Gasteiger partial charge in [0.15, 0.2) is 0 Å². The van der Waals surface area contributed by atoms with E-state index in [4.69, 9.17) is 4.74 Å². The molecule has 4 nitrogen and oxygen atoms in total. The summed E-state index contributed by atoms with van der Waals surface area (Å²) in [4.78, 5) is 22.8. The van der Waals surface area contributed by atoms with Gasteiger partial charge in [-0.15, -0.1) is 0 Å². The predicted octanol–water partition coefficient (Wildman–Crippen LogP) is 4.73. The predicted molar refractivity (Wildman–Crippen MR) is 87.8 cm³/mol. The van der Waals surface area contributed by atoms with E-state index in [2.05, 4.69) is 11.7 Å². The summed E-state index contributed by atoms with van der Waals surface area (Å²) in [6.07, 6.45) is 3.02. The molecule has 0 unspecified atom stereocenters. The average Bonchev–Trinajstić information content (AvgIpc) is 2.42. The van der Waals surface area contributed by atoms with Gasteiger partial charge in [-0.1, -0.05) is 42.0 Å². The average molecular weight is 298 g/mol. The van der Waals surface area contributed by atoms with Gasteiger partial charge in [0.1, 0.15) is 0 Å². The molecular weight excluding hydrogens is 268 g/mol. The van der Waals surface area contributed by atoms with Gasteiger partial charge in [0, 0.05) is 0 Å². The van der Waals surface area contributed by atoms with E-state index in [0.29, 0.717) is 17.7 Å². The number of carbonyl (C=O) groups excluding carboxylic acids is 2. The molecule has 1 aromatic carbocycles. The van der Waals surface area contributed by atoms with Crippen LogP contribution in [0.3, 0.4) is 0 Å². The number of carbonyl (C=O) groups is 2. The molecule has 1 aromatic rings. The molecule has 4 heteroatoms. The van der Waals surface area contributed by atoms with Crippen molar-refractivity contribution in [2.24, 2.45) is 0 Å². The van der Waals surface area contributed by atoms with Crippen LogP contribution in [0.1, 0.15) is 69.2 Å². The van der Waals surface area contributed by atoms with Crippen molar-refractivity contribution in [1.29, 1.82) is 0 Å². The van der Waals surface area contributed by atoms with Crippen LogP contribution >= 0.6 is 0 Å². The van der Waals surface area contributed by atoms with Crippen molar-refractivity contribution in [1.82, 2.24) is 0 Å². The summed E-state index contributed by atoms with van der Waals surface area (Å²) < 4.78 is 9.67. The lowest BCUT2D eigenvalue weighted by Gasteiger charge is -2.05. The fraction of sp³-hybridized carbons (Fsp3) is 0.529. The highest BCUT2D eigenvalue weighted by atomic mass is 16.5. The van der Waals surface area contributed by atoms with E-state index in [-0.39, 0.29) is 28.2 Å². The van der Waals surface area contributed by atoms with Crippen molar-refractivity contribution >= 4 is 11.9 Å². The first kappa shape index (κ1) is 24.2. The molecular formula is C17H30O4. The fourth-order valence-corrected chi connectivity index (χ4v) is 1.46. The molecule has 0 radical (unpaired) electrons. The molecule has 1 rings (SSSR count). The molecule has 0 fully saturated rings. The Morgan fingerprint density at radius 2 is 1.38 bits per heavy atom. The lowest BCUT2D eigenvalue weighted by molar-refractivity contribution is 0.0496. The smallest absolute Gasteiger partial charge is 0.338 e. The van der Waals surface area contributed by atoms with Gasteiger partial charge in [-0.25, -0.2) is 9.59 Å². The molecule has 0 bridgehead atoms. The third-order valence-electron chi connectivity index (χ3n) is 2.52. The lowest BCUT2D eigenvalue weighted by atomic mass is 10.1. The van der Waals surface area contributed by atoms with Crippen LogP contribution in [0.25, 0.3) is 0 Å². The standard InChI is InChI=1S/C14H18O4.3CH4/c1-3-4-5-10-18-14(16)12-8-6-11(7-9-12)13(15)17-2;;;/h6-9H,3-5,10H2,1-2H3;3*1H4. The number of benzene rings is 1. The Morgan fingerprint density at radius 1 is 0.905 bits per heavy atom. The van der Waals surface area contributed by atoms with Gasteiger partial charge in [-0.05, 0) is 30.7 Å². The van der Waals surface area contributed by atoms with Crippen LogP contribution in [-0.2, 0) is 9.47 Å². The Morgan fingerprint density at radius 3 is 1.81 bits per heavy atom. The van der Waals surface area contributed by atoms with Crippen molar-refractivity contribution in [2.75, 3.05) is 13.7 Å². The normalized spacial score (nSPS) is 8.48. The van der Waals surface area contributed by atoms with E-state index in [1.54, 1.807) is 24.3 Å². The number of esters is 2. The van der Waals surface area contributed by atoms with Crippen LogP contribution < -0.4 is 0 Å². The highest BCUT2D eigenvalue weighted by Crippen LogP contribution is 2.07. The Kier molecular flexibility index (Phi) is 15.2. The number of hydrogen-bond acceptors (Lipinski definition) is 4. The van der Waals surface area contributed by atoms with Crippen LogP contribution in [0.4, 0.5) is 0 Å². The molecule has 0 saturated heterocycles. The van der Waals surface area contributed by atoms with Gasteiger partial charge in [-0.3, -0.25) is 0 Å². The van der Waals surface area contributed by atoms with E-state index in [9.17, 15) is 9.59 Å². The number of methoxy groups -OCH3 is 1. The Hall–Kier alpha value is -1.84. The van der Waals surface area contributed by atoms with Gasteiger partial charge < -0.3 is 9.47 Å². The first-order valence-corrected chi connectivity index (χ1v) is 6.04. The molecule has 0 saturated carbocycles. The Labute approximate surface area is 129 Å². The van der Waals surface area contributed by atoms with E-state index < -0.39 is 5.97 Å². The van der Waals surface area contributed by atoms with Crippen LogP contribution in [0.15, 0.2) is 24.3 Å². The number of rotatable bonds is 6. The number of ether oxygens (including phenoxy) is 2. The summed E-state index contributed by atoms with van der Waals surface area (Å²) in [5, 5.41) is 0. The summed E-state index contributed by atoms with van der Waals surface area (Å²) in [5.74, 6) is -0.777. The molecule has 0 N–H and O–H groups in total. The third kappa shape index (κ3) is 8.12. The molecule has 0 aliphatic carbocycles. The fourth-order valence-electron chi connectivity index (χ4n) is 1.46. The second kappa shape index (κ2) is 13.2. The number of hydrogen-bond donors (Lipinski definition) is 0. The number of unbranched alkanes of at least 4 members (excludes halogenated alkanes) is 2. The maximum absolute atomic E-state index is 11.6. The van der Waals surface area contributed by atoms with Gasteiger partial charge in [-0.2, -0.15) is 0 Å². The van der Waals surface area contributed by atoms with E-state index in [0.717, 1.165) is 19.3 Å². The Bertz CT molecular complexity index is 396. The van der Waals surface area contributed by atoms with Crippen molar-refractivity contribution in [3.05, 3.63) is 35.4 Å². The minimum atomic E-state index is -0.419. The quantitative estimate of drug-likeness (QED) is 0.563. The summed E-state index contributed by atoms with van der Waals surface area (Å²) in [6, 6.07) is 6.23. The Balaban J connectivity index is -0.00000108. The highest BCUT2D eigenvalue weighted by Gasteiger charge is 2.09. The molecule has 0 aliphatic rings. The maximum Gasteiger partial charge on any atom is 0.338 e. The van der Waals surface area contributed by atoms with Gasteiger partial charge in [0.2, 0.25) is 0 Å². The van der Waals surface area contributed by atoms with Crippen LogP contribution in [-0.4, -0.2) is 25.7 Å². The summed E-state index contributed by atoms with van der Waals surface area (Å²) in [6.45, 7) is 2.53. The zero-order chi connectivity index (χ0) is 13.4. The highest BCUT2D eigenvalue weighted by molar-refractivity contribution is 5.93. The van der Waals surface area contributed by atoms with Crippen molar-refractivity contribution in [2.45, 2.75) is 48.5 Å². The molecule has 122 valence electrons. The van der Waals surface area contributed by atoms with Gasteiger partial charge in [0.25, 0.3) is 0 Å². The van der Waals surface area contributed by atoms with Gasteiger partial charge >= 0.3 is 11.9 Å². The third-order valence-corrected chi connectivity index (χ3v) is 2.52. The van der Waals surface area contributed by atoms with Crippen molar-refractivity contribution in [3.63, 3.8) is 0 Å². The van der Waals surface area contributed by atoms with Crippen molar-refractivity contribution < 1.29 is 19.1 Å². The molecule has 0 heterocycles. The minimum absolute atomic E-state index is 0. The van der Waals surface area contributed by atoms with E-state index in [1.165, 1.54) is 7.11 Å². The SMILES string of the molecule is C.C.C.CCCCCOC(=O)c1ccc(C(=O)OC)cc1. The van der Waals surface area contributed by atoms with Crippen LogP contribution in [0, 0.1) is 0 Å². The van der Waals surface area contributed by atoms with Crippen molar-refractivity contribution in [3.8, 4) is 0 Å². The second-order valence-electron chi connectivity index (χ2n) is 3.91. The second-order valence-corrected chi connectivity index (χ2v) is 3.91. The molecule has 0 aliphatic heterocycles.